The Kier molecular flexibility index (Phi) is 4.65. The van der Waals surface area contributed by atoms with Gasteiger partial charge in [0, 0.05) is 6.07 Å². The van der Waals surface area contributed by atoms with Crippen LogP contribution in [0.5, 0.6) is 0 Å². The highest BCUT2D eigenvalue weighted by Gasteiger charge is 2.25. The number of hydrogen-bond donors (Lipinski definition) is 1. The number of anilines is 2. The fourth-order valence-electron chi connectivity index (χ4n) is 1.89. The second kappa shape index (κ2) is 6.33. The highest BCUT2D eigenvalue weighted by Crippen LogP contribution is 2.33. The molecule has 0 saturated carbocycles. The molecule has 0 spiro atoms. The van der Waals surface area contributed by atoms with Crippen LogP contribution in [0, 0.1) is 17.0 Å². The van der Waals surface area contributed by atoms with Gasteiger partial charge >= 0.3 is 5.97 Å². The number of carbonyl (C=O) groups excluding carboxylic acids is 1. The van der Waals surface area contributed by atoms with Crippen molar-refractivity contribution in [3.05, 3.63) is 45.6 Å². The minimum atomic E-state index is -0.637. The fraction of sp³-hybridized carbons (Fsp3) is 0.333. The van der Waals surface area contributed by atoms with E-state index in [-0.39, 0.29) is 5.69 Å². The van der Waals surface area contributed by atoms with Gasteiger partial charge in [-0.05, 0) is 45.3 Å². The molecular weight excluding hydrogens is 318 g/mol. The van der Waals surface area contributed by atoms with Crippen molar-refractivity contribution in [2.24, 2.45) is 0 Å². The van der Waals surface area contributed by atoms with Gasteiger partial charge in [0.15, 0.2) is 0 Å². The first-order valence-corrected chi connectivity index (χ1v) is 7.66. The van der Waals surface area contributed by atoms with Gasteiger partial charge in [-0.15, -0.1) is 0 Å². The smallest absolute Gasteiger partial charge is 0.343 e. The van der Waals surface area contributed by atoms with E-state index in [2.05, 4.69) is 9.69 Å². The molecule has 7 nitrogen and oxygen atoms in total. The molecule has 0 radical (unpaired) electrons. The van der Waals surface area contributed by atoms with Crippen molar-refractivity contribution in [3.8, 4) is 0 Å². The topological polar surface area (TPSA) is 94.4 Å². The number of carbonyl (C=O) groups is 1. The van der Waals surface area contributed by atoms with Crippen molar-refractivity contribution in [2.75, 3.05) is 5.32 Å². The van der Waals surface area contributed by atoms with E-state index >= 15 is 0 Å². The second-order valence-corrected chi connectivity index (χ2v) is 6.65. The van der Waals surface area contributed by atoms with E-state index in [4.69, 9.17) is 4.74 Å². The van der Waals surface area contributed by atoms with Crippen molar-refractivity contribution in [1.29, 1.82) is 0 Å². The number of nitro benzene ring substituents is 1. The molecule has 1 N–H and O–H groups in total. The maximum absolute atomic E-state index is 12.3. The number of benzene rings is 1. The van der Waals surface area contributed by atoms with Crippen LogP contribution >= 0.6 is 11.5 Å². The third-order valence-electron chi connectivity index (χ3n) is 2.81. The molecule has 1 aromatic carbocycles. The maximum Gasteiger partial charge on any atom is 0.343 e. The second-order valence-electron chi connectivity index (χ2n) is 5.87. The van der Waals surface area contributed by atoms with Crippen LogP contribution < -0.4 is 5.32 Å². The van der Waals surface area contributed by atoms with E-state index in [1.165, 1.54) is 6.07 Å². The third kappa shape index (κ3) is 4.04. The van der Waals surface area contributed by atoms with Gasteiger partial charge in [-0.3, -0.25) is 10.1 Å². The lowest BCUT2D eigenvalue weighted by atomic mass is 10.2. The third-order valence-corrected chi connectivity index (χ3v) is 3.67. The monoisotopic (exact) mass is 335 g/mol. The highest BCUT2D eigenvalue weighted by atomic mass is 32.1. The average molecular weight is 335 g/mol. The minimum Gasteiger partial charge on any atom is -0.456 e. The number of para-hydroxylation sites is 2. The molecule has 0 amide bonds. The standard InChI is InChI=1S/C15H17N3O4S/c1-9-12(14(19)22-15(2,3)4)13(23-17-9)16-10-7-5-6-8-11(10)18(20)21/h5-8,16H,1-4H3. The van der Waals surface area contributed by atoms with Crippen LogP contribution in [0.15, 0.2) is 24.3 Å². The predicted octanol–water partition coefficient (Wildman–Crippen LogP) is 4.06. The Balaban J connectivity index is 2.36. The summed E-state index contributed by atoms with van der Waals surface area (Å²) in [6.45, 7) is 7.01. The SMILES string of the molecule is Cc1nsc(Nc2ccccc2[N+](=O)[O-])c1C(=O)OC(C)(C)C. The quantitative estimate of drug-likeness (QED) is 0.514. The first-order chi connectivity index (χ1) is 10.7. The molecule has 0 fully saturated rings. The highest BCUT2D eigenvalue weighted by molar-refractivity contribution is 7.10. The van der Waals surface area contributed by atoms with Crippen molar-refractivity contribution in [2.45, 2.75) is 33.3 Å². The largest absolute Gasteiger partial charge is 0.456 e. The first-order valence-electron chi connectivity index (χ1n) is 6.89. The summed E-state index contributed by atoms with van der Waals surface area (Å²) in [6.07, 6.45) is 0. The summed E-state index contributed by atoms with van der Waals surface area (Å²) in [5.41, 5.74) is 0.398. The summed E-state index contributed by atoms with van der Waals surface area (Å²) in [5.74, 6) is -0.509. The zero-order valence-corrected chi connectivity index (χ0v) is 14.1. The maximum atomic E-state index is 12.3. The summed E-state index contributed by atoms with van der Waals surface area (Å²) >= 11 is 1.06. The van der Waals surface area contributed by atoms with Gasteiger partial charge < -0.3 is 10.1 Å². The van der Waals surface area contributed by atoms with E-state index in [0.29, 0.717) is 21.9 Å². The molecule has 1 heterocycles. The van der Waals surface area contributed by atoms with Crippen LogP contribution in [0.25, 0.3) is 0 Å². The summed E-state index contributed by atoms with van der Waals surface area (Å²) in [5, 5.41) is 14.4. The van der Waals surface area contributed by atoms with Gasteiger partial charge in [0.2, 0.25) is 0 Å². The van der Waals surface area contributed by atoms with Crippen molar-refractivity contribution in [1.82, 2.24) is 4.37 Å². The van der Waals surface area contributed by atoms with Crippen LogP contribution in [-0.2, 0) is 4.74 Å². The molecule has 8 heteroatoms. The van der Waals surface area contributed by atoms with Crippen LogP contribution in [0.3, 0.4) is 0 Å². The number of hydrogen-bond acceptors (Lipinski definition) is 7. The Morgan fingerprint density at radius 3 is 2.61 bits per heavy atom. The van der Waals surface area contributed by atoms with Crippen LogP contribution in [-0.4, -0.2) is 20.9 Å². The van der Waals surface area contributed by atoms with Crippen molar-refractivity contribution >= 4 is 33.9 Å². The minimum absolute atomic E-state index is 0.0753. The number of aromatic nitrogens is 1. The lowest BCUT2D eigenvalue weighted by Crippen LogP contribution is -2.24. The van der Waals surface area contributed by atoms with Gasteiger partial charge in [-0.1, -0.05) is 12.1 Å². The molecule has 0 saturated heterocycles. The Morgan fingerprint density at radius 1 is 1.35 bits per heavy atom. The number of esters is 1. The normalized spacial score (nSPS) is 11.1. The zero-order chi connectivity index (χ0) is 17.2. The number of aryl methyl sites for hydroxylation is 1. The lowest BCUT2D eigenvalue weighted by Gasteiger charge is -2.19. The number of ether oxygens (including phenoxy) is 1. The summed E-state index contributed by atoms with van der Waals surface area (Å²) in [4.78, 5) is 22.9. The predicted molar refractivity (Wildman–Crippen MR) is 88.4 cm³/mol. The number of nitro groups is 1. The summed E-state index contributed by atoms with van der Waals surface area (Å²) < 4.78 is 9.52. The number of nitrogens with one attached hydrogen (secondary N) is 1. The molecule has 1 aromatic heterocycles. The van der Waals surface area contributed by atoms with E-state index < -0.39 is 16.5 Å². The molecule has 2 aromatic rings. The summed E-state index contributed by atoms with van der Waals surface area (Å²) in [6, 6.07) is 6.22. The molecule has 0 bridgehead atoms. The van der Waals surface area contributed by atoms with Crippen LogP contribution in [0.2, 0.25) is 0 Å². The Labute approximate surface area is 137 Å². The Hall–Kier alpha value is -2.48. The molecule has 0 aliphatic carbocycles. The zero-order valence-electron chi connectivity index (χ0n) is 13.2. The van der Waals surface area contributed by atoms with E-state index in [1.54, 1.807) is 45.9 Å². The molecule has 122 valence electrons. The summed E-state index contributed by atoms with van der Waals surface area (Å²) in [7, 11) is 0. The van der Waals surface area contributed by atoms with Crippen LogP contribution in [0.1, 0.15) is 36.8 Å². The van der Waals surface area contributed by atoms with E-state index in [1.807, 2.05) is 0 Å². The lowest BCUT2D eigenvalue weighted by molar-refractivity contribution is -0.383. The van der Waals surface area contributed by atoms with E-state index in [9.17, 15) is 14.9 Å². The van der Waals surface area contributed by atoms with Gasteiger partial charge in [0.05, 0.1) is 10.6 Å². The molecule has 2 rings (SSSR count). The molecule has 0 unspecified atom stereocenters. The van der Waals surface area contributed by atoms with Gasteiger partial charge in [-0.2, -0.15) is 4.37 Å². The molecule has 0 aliphatic heterocycles. The van der Waals surface area contributed by atoms with E-state index in [0.717, 1.165) is 11.5 Å². The Bertz CT molecular complexity index is 749. The average Bonchev–Trinajstić information content (AvgIpc) is 2.78. The first kappa shape index (κ1) is 16.9. The van der Waals surface area contributed by atoms with Gasteiger partial charge in [-0.25, -0.2) is 4.79 Å². The fourth-order valence-corrected chi connectivity index (χ4v) is 2.68. The van der Waals surface area contributed by atoms with Crippen molar-refractivity contribution in [3.63, 3.8) is 0 Å². The molecule has 0 atom stereocenters. The number of nitrogens with zero attached hydrogens (tertiary/aromatic N) is 2. The number of rotatable bonds is 4. The Morgan fingerprint density at radius 2 is 2.00 bits per heavy atom. The van der Waals surface area contributed by atoms with Crippen molar-refractivity contribution < 1.29 is 14.5 Å². The molecule has 23 heavy (non-hydrogen) atoms. The van der Waals surface area contributed by atoms with Gasteiger partial charge in [0.1, 0.15) is 21.9 Å². The van der Waals surface area contributed by atoms with Gasteiger partial charge in [0.25, 0.3) is 5.69 Å². The molecule has 0 aliphatic rings. The van der Waals surface area contributed by atoms with Crippen LogP contribution in [0.4, 0.5) is 16.4 Å². The molecular formula is C15H17N3O4S.